The van der Waals surface area contributed by atoms with Gasteiger partial charge < -0.3 is 9.72 Å². The van der Waals surface area contributed by atoms with E-state index in [0.717, 1.165) is 25.8 Å². The number of carbonyl (C=O) groups is 1. The zero-order valence-corrected chi connectivity index (χ0v) is 15.3. The van der Waals surface area contributed by atoms with Crippen LogP contribution in [0.5, 0.6) is 0 Å². The maximum absolute atomic E-state index is 11.3. The first-order chi connectivity index (χ1) is 12.7. The number of fused-ring (bicyclic) bond motifs is 6. The second-order valence-electron chi connectivity index (χ2n) is 8.06. The number of para-hydroxylation sites is 1. The molecule has 0 amide bonds. The number of hydrogen-bond donors (Lipinski definition) is 1. The molecule has 1 saturated heterocycles. The van der Waals surface area contributed by atoms with Crippen LogP contribution >= 0.6 is 0 Å². The lowest BCUT2D eigenvalue weighted by Gasteiger charge is -2.48. The molecule has 0 saturated carbocycles. The van der Waals surface area contributed by atoms with Gasteiger partial charge in [0.15, 0.2) is 0 Å². The number of benzene rings is 1. The minimum atomic E-state index is -0.180. The number of hydrogen-bond acceptors (Lipinski definition) is 3. The van der Waals surface area contributed by atoms with E-state index in [0.29, 0.717) is 24.5 Å². The van der Waals surface area contributed by atoms with E-state index >= 15 is 0 Å². The van der Waals surface area contributed by atoms with E-state index in [4.69, 9.17) is 4.74 Å². The third kappa shape index (κ3) is 2.59. The Morgan fingerprint density at radius 1 is 1.35 bits per heavy atom. The van der Waals surface area contributed by atoms with Crippen molar-refractivity contribution in [1.82, 2.24) is 9.88 Å². The minimum Gasteiger partial charge on any atom is -0.461 e. The molecule has 3 heterocycles. The van der Waals surface area contributed by atoms with Crippen LogP contribution in [-0.4, -0.2) is 35.5 Å². The van der Waals surface area contributed by atoms with Gasteiger partial charge in [-0.3, -0.25) is 9.69 Å². The summed E-state index contributed by atoms with van der Waals surface area (Å²) in [6.07, 6.45) is 6.99. The largest absolute Gasteiger partial charge is 0.461 e. The molecule has 1 aliphatic carbocycles. The van der Waals surface area contributed by atoms with E-state index < -0.39 is 0 Å². The van der Waals surface area contributed by atoms with Crippen LogP contribution in [0.4, 0.5) is 0 Å². The van der Waals surface area contributed by atoms with Gasteiger partial charge in [0, 0.05) is 36.6 Å². The summed E-state index contributed by atoms with van der Waals surface area (Å²) in [5.41, 5.74) is 5.55. The van der Waals surface area contributed by atoms with Crippen LogP contribution in [-0.2, 0) is 16.0 Å². The van der Waals surface area contributed by atoms with Crippen molar-refractivity contribution in [2.75, 3.05) is 19.7 Å². The highest BCUT2D eigenvalue weighted by Gasteiger charge is 2.42. The number of H-pyrrole nitrogens is 1. The van der Waals surface area contributed by atoms with Crippen LogP contribution in [0.3, 0.4) is 0 Å². The van der Waals surface area contributed by atoms with Crippen molar-refractivity contribution in [1.29, 1.82) is 0 Å². The highest BCUT2D eigenvalue weighted by molar-refractivity contribution is 5.85. The molecule has 1 N–H and O–H groups in total. The summed E-state index contributed by atoms with van der Waals surface area (Å²) in [6.45, 7) is 4.30. The lowest BCUT2D eigenvalue weighted by Crippen LogP contribution is -2.47. The minimum absolute atomic E-state index is 0.180. The van der Waals surface area contributed by atoms with Gasteiger partial charge in [-0.1, -0.05) is 24.3 Å². The number of carbonyl (C=O) groups excluding carboxylic acids is 1. The number of esters is 1. The Balaban J connectivity index is 1.47. The third-order valence-corrected chi connectivity index (χ3v) is 6.65. The van der Waals surface area contributed by atoms with Crippen molar-refractivity contribution in [3.63, 3.8) is 0 Å². The Morgan fingerprint density at radius 3 is 3.12 bits per heavy atom. The number of allylic oxidation sites excluding steroid dienone is 1. The maximum Gasteiger partial charge on any atom is 0.302 e. The Hall–Kier alpha value is -2.07. The average molecular weight is 350 g/mol. The van der Waals surface area contributed by atoms with Crippen molar-refractivity contribution in [2.24, 2.45) is 11.8 Å². The highest BCUT2D eigenvalue weighted by Crippen LogP contribution is 2.47. The molecule has 2 aliphatic heterocycles. The number of nitrogens with one attached hydrogen (secondary N) is 1. The lowest BCUT2D eigenvalue weighted by atomic mass is 9.70. The third-order valence-electron chi connectivity index (χ3n) is 6.65. The summed E-state index contributed by atoms with van der Waals surface area (Å²) in [5, 5.41) is 1.39. The van der Waals surface area contributed by atoms with E-state index in [1.54, 1.807) is 0 Å². The van der Waals surface area contributed by atoms with Gasteiger partial charge >= 0.3 is 5.97 Å². The van der Waals surface area contributed by atoms with Gasteiger partial charge in [-0.25, -0.2) is 0 Å². The highest BCUT2D eigenvalue weighted by atomic mass is 16.5. The number of aromatic nitrogens is 1. The zero-order chi connectivity index (χ0) is 17.7. The van der Waals surface area contributed by atoms with Crippen molar-refractivity contribution < 1.29 is 9.53 Å². The smallest absolute Gasteiger partial charge is 0.302 e. The maximum atomic E-state index is 11.3. The lowest BCUT2D eigenvalue weighted by molar-refractivity contribution is -0.140. The summed E-state index contributed by atoms with van der Waals surface area (Å²) in [7, 11) is 0. The molecule has 4 nitrogen and oxygen atoms in total. The van der Waals surface area contributed by atoms with Crippen LogP contribution in [0.25, 0.3) is 10.9 Å². The van der Waals surface area contributed by atoms with Gasteiger partial charge in [0.1, 0.15) is 6.61 Å². The molecule has 3 atom stereocenters. The van der Waals surface area contributed by atoms with Gasteiger partial charge in [0.05, 0.1) is 6.04 Å². The molecular weight excluding hydrogens is 324 g/mol. The monoisotopic (exact) mass is 350 g/mol. The SMILES string of the molecule is CC(=O)OCC1=CCC[C@@H]2CN3CCc4c([nH]c5ccccc45)[C@@H]3C[C@H]12. The Bertz CT molecular complexity index is 881. The van der Waals surface area contributed by atoms with Gasteiger partial charge in [-0.15, -0.1) is 0 Å². The normalized spacial score (nSPS) is 28.0. The molecule has 0 unspecified atom stereocenters. The van der Waals surface area contributed by atoms with E-state index in [-0.39, 0.29) is 5.97 Å². The van der Waals surface area contributed by atoms with Crippen LogP contribution in [0.2, 0.25) is 0 Å². The van der Waals surface area contributed by atoms with Crippen molar-refractivity contribution in [3.8, 4) is 0 Å². The second kappa shape index (κ2) is 6.27. The Kier molecular flexibility index (Phi) is 3.89. The predicted octanol–water partition coefficient (Wildman–Crippen LogP) is 3.99. The van der Waals surface area contributed by atoms with E-state index in [2.05, 4.69) is 40.2 Å². The first kappa shape index (κ1) is 16.1. The molecule has 1 aromatic carbocycles. The molecule has 0 bridgehead atoms. The van der Waals surface area contributed by atoms with E-state index in [1.807, 2.05) is 0 Å². The molecule has 3 aliphatic rings. The fourth-order valence-electron chi connectivity index (χ4n) is 5.45. The molecular formula is C22H26N2O2. The quantitative estimate of drug-likeness (QED) is 0.658. The van der Waals surface area contributed by atoms with Crippen molar-refractivity contribution in [3.05, 3.63) is 47.2 Å². The Labute approximate surface area is 154 Å². The van der Waals surface area contributed by atoms with Gasteiger partial charge in [0.25, 0.3) is 0 Å². The first-order valence-electron chi connectivity index (χ1n) is 9.86. The average Bonchev–Trinajstić information content (AvgIpc) is 3.04. The number of aromatic amines is 1. The zero-order valence-electron chi connectivity index (χ0n) is 15.3. The van der Waals surface area contributed by atoms with Gasteiger partial charge in [-0.2, -0.15) is 0 Å². The molecule has 5 rings (SSSR count). The number of nitrogens with zero attached hydrogens (tertiary/aromatic N) is 1. The molecule has 0 spiro atoms. The van der Waals surface area contributed by atoms with Crippen LogP contribution in [0, 0.1) is 11.8 Å². The van der Waals surface area contributed by atoms with E-state index in [1.165, 1.54) is 47.6 Å². The predicted molar refractivity (Wildman–Crippen MR) is 102 cm³/mol. The number of rotatable bonds is 2. The van der Waals surface area contributed by atoms with Crippen LogP contribution in [0.1, 0.15) is 43.5 Å². The van der Waals surface area contributed by atoms with E-state index in [9.17, 15) is 4.79 Å². The molecule has 0 radical (unpaired) electrons. The topological polar surface area (TPSA) is 45.3 Å². The fraction of sp³-hybridized carbons (Fsp3) is 0.500. The second-order valence-corrected chi connectivity index (χ2v) is 8.06. The summed E-state index contributed by atoms with van der Waals surface area (Å²) in [6, 6.07) is 9.15. The molecule has 26 heavy (non-hydrogen) atoms. The number of ether oxygens (including phenoxy) is 1. The summed E-state index contributed by atoms with van der Waals surface area (Å²) in [5.74, 6) is 1.07. The van der Waals surface area contributed by atoms with Crippen molar-refractivity contribution >= 4 is 16.9 Å². The Morgan fingerprint density at radius 2 is 2.23 bits per heavy atom. The summed E-state index contributed by atoms with van der Waals surface area (Å²) < 4.78 is 5.36. The standard InChI is InChI=1S/C22H26N2O2/c1-14(25)26-13-16-6-4-5-15-12-24-10-9-18-17-7-2-3-8-20(17)23-22(18)21(24)11-19(15)16/h2-3,6-8,15,19,21,23H,4-5,9-13H2,1H3/t15-,19+,21+/m1/s1. The van der Waals surface area contributed by atoms with Crippen LogP contribution < -0.4 is 0 Å². The summed E-state index contributed by atoms with van der Waals surface area (Å²) >= 11 is 0. The summed E-state index contributed by atoms with van der Waals surface area (Å²) in [4.78, 5) is 17.7. The van der Waals surface area contributed by atoms with Gasteiger partial charge in [0.2, 0.25) is 0 Å². The fourth-order valence-corrected chi connectivity index (χ4v) is 5.45. The first-order valence-corrected chi connectivity index (χ1v) is 9.86. The molecule has 1 fully saturated rings. The van der Waals surface area contributed by atoms with Gasteiger partial charge in [-0.05, 0) is 54.7 Å². The number of piperidine rings is 1. The van der Waals surface area contributed by atoms with Crippen molar-refractivity contribution in [2.45, 2.75) is 38.6 Å². The van der Waals surface area contributed by atoms with Crippen LogP contribution in [0.15, 0.2) is 35.9 Å². The molecule has 2 aromatic rings. The molecule has 136 valence electrons. The molecule has 4 heteroatoms. The molecule has 1 aromatic heterocycles.